The SMILES string of the molecule is COc1cc(N2CCN(c3ccc(N4C[C@H](CNC(C)=O)OC4=O)cc3)CC2)nc(OC)n1. The highest BCUT2D eigenvalue weighted by Crippen LogP contribution is 2.27. The van der Waals surface area contributed by atoms with E-state index in [1.54, 1.807) is 18.1 Å². The minimum atomic E-state index is -0.401. The van der Waals surface area contributed by atoms with Crippen LogP contribution in [0.4, 0.5) is 22.0 Å². The fourth-order valence-corrected chi connectivity index (χ4v) is 3.88. The highest BCUT2D eigenvalue weighted by molar-refractivity contribution is 5.90. The van der Waals surface area contributed by atoms with Gasteiger partial charge in [0, 0.05) is 50.5 Å². The van der Waals surface area contributed by atoms with E-state index in [2.05, 4.69) is 25.1 Å². The number of piperazine rings is 1. The van der Waals surface area contributed by atoms with Crippen LogP contribution in [-0.4, -0.2) is 81.6 Å². The fraction of sp³-hybridized carbons (Fsp3) is 0.455. The molecule has 0 radical (unpaired) electrons. The molecule has 2 aliphatic rings. The number of cyclic esters (lactones) is 1. The second kappa shape index (κ2) is 9.80. The standard InChI is InChI=1S/C22H28N6O5/c1-15(29)23-13-18-14-28(22(30)33-18)17-6-4-16(5-7-17)26-8-10-27(11-9-26)19-12-20(31-2)25-21(24-19)32-3/h4-7,12,18H,8-11,13-14H2,1-3H3,(H,23,29)/t18-/m0/s1. The molecule has 0 unspecified atom stereocenters. The first-order valence-electron chi connectivity index (χ1n) is 10.8. The van der Waals surface area contributed by atoms with Crippen LogP contribution >= 0.6 is 0 Å². The summed E-state index contributed by atoms with van der Waals surface area (Å²) in [6.45, 7) is 5.36. The van der Waals surface area contributed by atoms with Crippen LogP contribution in [0, 0.1) is 0 Å². The minimum Gasteiger partial charge on any atom is -0.481 e. The average Bonchev–Trinajstić information content (AvgIpc) is 3.23. The Balaban J connectivity index is 1.35. The van der Waals surface area contributed by atoms with Gasteiger partial charge < -0.3 is 29.3 Å². The molecule has 0 bridgehead atoms. The summed E-state index contributed by atoms with van der Waals surface area (Å²) in [5, 5.41) is 2.68. The number of anilines is 3. The van der Waals surface area contributed by atoms with Crippen molar-refractivity contribution in [3.05, 3.63) is 30.3 Å². The molecule has 11 nitrogen and oxygen atoms in total. The lowest BCUT2D eigenvalue weighted by Gasteiger charge is -2.36. The maximum atomic E-state index is 12.2. The Kier molecular flexibility index (Phi) is 6.66. The Bertz CT molecular complexity index is 971. The third-order valence-electron chi connectivity index (χ3n) is 5.64. The van der Waals surface area contributed by atoms with Crippen molar-refractivity contribution in [3.8, 4) is 11.9 Å². The molecule has 1 N–H and O–H groups in total. The molecule has 4 rings (SSSR count). The summed E-state index contributed by atoms with van der Waals surface area (Å²) in [5.74, 6) is 1.09. The predicted molar refractivity (Wildman–Crippen MR) is 122 cm³/mol. The van der Waals surface area contributed by atoms with Crippen molar-refractivity contribution in [3.63, 3.8) is 0 Å². The number of nitrogens with zero attached hydrogens (tertiary/aromatic N) is 5. The Morgan fingerprint density at radius 1 is 1.06 bits per heavy atom. The van der Waals surface area contributed by atoms with Crippen molar-refractivity contribution in [1.29, 1.82) is 0 Å². The minimum absolute atomic E-state index is 0.146. The van der Waals surface area contributed by atoms with Gasteiger partial charge in [0.05, 0.1) is 27.3 Å². The van der Waals surface area contributed by atoms with Crippen molar-refractivity contribution in [2.45, 2.75) is 13.0 Å². The van der Waals surface area contributed by atoms with Crippen LogP contribution in [0.25, 0.3) is 0 Å². The van der Waals surface area contributed by atoms with Gasteiger partial charge in [0.25, 0.3) is 0 Å². The molecule has 2 aromatic rings. The average molecular weight is 457 g/mol. The van der Waals surface area contributed by atoms with Gasteiger partial charge in [0.15, 0.2) is 0 Å². The molecule has 2 saturated heterocycles. The molecule has 3 heterocycles. The Labute approximate surface area is 192 Å². The molecule has 0 spiro atoms. The maximum absolute atomic E-state index is 12.2. The number of rotatable bonds is 7. The third kappa shape index (κ3) is 5.18. The van der Waals surface area contributed by atoms with Crippen molar-refractivity contribution in [2.24, 2.45) is 0 Å². The lowest BCUT2D eigenvalue weighted by atomic mass is 10.2. The topological polar surface area (TPSA) is 109 Å². The molecule has 0 saturated carbocycles. The molecule has 1 aromatic heterocycles. The Hall–Kier alpha value is -3.76. The maximum Gasteiger partial charge on any atom is 0.414 e. The molecule has 2 aliphatic heterocycles. The first-order valence-corrected chi connectivity index (χ1v) is 10.8. The molecule has 1 atom stereocenters. The van der Waals surface area contributed by atoms with E-state index in [-0.39, 0.29) is 18.0 Å². The van der Waals surface area contributed by atoms with Crippen LogP contribution in [-0.2, 0) is 9.53 Å². The van der Waals surface area contributed by atoms with E-state index < -0.39 is 6.09 Å². The number of aromatic nitrogens is 2. The van der Waals surface area contributed by atoms with Crippen LogP contribution in [0.15, 0.2) is 30.3 Å². The summed E-state index contributed by atoms with van der Waals surface area (Å²) in [7, 11) is 3.10. The van der Waals surface area contributed by atoms with Gasteiger partial charge in [-0.15, -0.1) is 0 Å². The van der Waals surface area contributed by atoms with E-state index in [9.17, 15) is 9.59 Å². The van der Waals surface area contributed by atoms with Crippen molar-refractivity contribution in [2.75, 3.05) is 68.2 Å². The van der Waals surface area contributed by atoms with Gasteiger partial charge in [-0.25, -0.2) is 4.79 Å². The molecule has 0 aliphatic carbocycles. The summed E-state index contributed by atoms with van der Waals surface area (Å²) in [4.78, 5) is 37.9. The smallest absolute Gasteiger partial charge is 0.414 e. The van der Waals surface area contributed by atoms with Crippen LogP contribution in [0.2, 0.25) is 0 Å². The van der Waals surface area contributed by atoms with E-state index in [4.69, 9.17) is 14.2 Å². The van der Waals surface area contributed by atoms with E-state index >= 15 is 0 Å². The highest BCUT2D eigenvalue weighted by Gasteiger charge is 2.32. The molecule has 2 amide bonds. The van der Waals surface area contributed by atoms with Crippen LogP contribution in [0.3, 0.4) is 0 Å². The van der Waals surface area contributed by atoms with E-state index in [0.717, 1.165) is 43.4 Å². The number of hydrogen-bond donors (Lipinski definition) is 1. The number of carbonyl (C=O) groups is 2. The Morgan fingerprint density at radius 3 is 2.36 bits per heavy atom. The number of benzene rings is 1. The lowest BCUT2D eigenvalue weighted by molar-refractivity contribution is -0.119. The van der Waals surface area contributed by atoms with Crippen LogP contribution < -0.4 is 29.5 Å². The van der Waals surface area contributed by atoms with Crippen LogP contribution in [0.5, 0.6) is 11.9 Å². The molecule has 1 aromatic carbocycles. The second-order valence-electron chi connectivity index (χ2n) is 7.80. The summed E-state index contributed by atoms with van der Waals surface area (Å²) >= 11 is 0. The summed E-state index contributed by atoms with van der Waals surface area (Å²) < 4.78 is 15.8. The summed E-state index contributed by atoms with van der Waals surface area (Å²) in [6, 6.07) is 9.95. The number of carbonyl (C=O) groups excluding carboxylic acids is 2. The number of hydrogen-bond acceptors (Lipinski definition) is 9. The second-order valence-corrected chi connectivity index (χ2v) is 7.80. The Morgan fingerprint density at radius 2 is 1.73 bits per heavy atom. The zero-order valence-electron chi connectivity index (χ0n) is 19.0. The van der Waals surface area contributed by atoms with Gasteiger partial charge in [-0.1, -0.05) is 0 Å². The van der Waals surface area contributed by atoms with Gasteiger partial charge in [-0.2, -0.15) is 9.97 Å². The molecule has 33 heavy (non-hydrogen) atoms. The van der Waals surface area contributed by atoms with Crippen molar-refractivity contribution < 1.29 is 23.8 Å². The lowest BCUT2D eigenvalue weighted by Crippen LogP contribution is -2.46. The number of amides is 2. The molecule has 176 valence electrons. The van der Waals surface area contributed by atoms with Gasteiger partial charge in [0.1, 0.15) is 11.9 Å². The molecular formula is C22H28N6O5. The highest BCUT2D eigenvalue weighted by atomic mass is 16.6. The quantitative estimate of drug-likeness (QED) is 0.659. The van der Waals surface area contributed by atoms with Gasteiger partial charge >= 0.3 is 12.1 Å². The monoisotopic (exact) mass is 456 g/mol. The summed E-state index contributed by atoms with van der Waals surface area (Å²) in [6.07, 6.45) is -0.754. The molecule has 2 fully saturated rings. The normalized spacial score (nSPS) is 18.2. The van der Waals surface area contributed by atoms with E-state index in [1.165, 1.54) is 14.0 Å². The summed E-state index contributed by atoms with van der Waals surface area (Å²) in [5.41, 5.74) is 1.85. The molecular weight excluding hydrogens is 428 g/mol. The van der Waals surface area contributed by atoms with Gasteiger partial charge in [0.2, 0.25) is 11.8 Å². The predicted octanol–water partition coefficient (Wildman–Crippen LogP) is 1.28. The zero-order chi connectivity index (χ0) is 23.4. The molecule has 11 heteroatoms. The largest absolute Gasteiger partial charge is 0.481 e. The van der Waals surface area contributed by atoms with Crippen molar-refractivity contribution in [1.82, 2.24) is 15.3 Å². The van der Waals surface area contributed by atoms with E-state index in [1.807, 2.05) is 24.3 Å². The zero-order valence-corrected chi connectivity index (χ0v) is 19.0. The number of methoxy groups -OCH3 is 2. The first-order chi connectivity index (χ1) is 16.0. The van der Waals surface area contributed by atoms with Crippen molar-refractivity contribution >= 4 is 29.2 Å². The van der Waals surface area contributed by atoms with Gasteiger partial charge in [-0.05, 0) is 24.3 Å². The first kappa shape index (κ1) is 22.4. The fourth-order valence-electron chi connectivity index (χ4n) is 3.88. The number of ether oxygens (including phenoxy) is 3. The van der Waals surface area contributed by atoms with Gasteiger partial charge in [-0.3, -0.25) is 9.69 Å². The number of nitrogens with one attached hydrogen (secondary N) is 1. The van der Waals surface area contributed by atoms with Crippen LogP contribution in [0.1, 0.15) is 6.92 Å². The van der Waals surface area contributed by atoms with E-state index in [0.29, 0.717) is 19.0 Å². The third-order valence-corrected chi connectivity index (χ3v) is 5.64.